The van der Waals surface area contributed by atoms with E-state index in [0.29, 0.717) is 17.1 Å². The molecule has 2 rings (SSSR count). The third-order valence-electron chi connectivity index (χ3n) is 3.34. The van der Waals surface area contributed by atoms with E-state index in [0.717, 1.165) is 9.13 Å². The highest BCUT2D eigenvalue weighted by Gasteiger charge is 2.14. The maximum atomic E-state index is 12.3. The fourth-order valence-corrected chi connectivity index (χ4v) is 2.66. The Morgan fingerprint density at radius 1 is 1.09 bits per heavy atom. The van der Waals surface area contributed by atoms with E-state index in [1.165, 1.54) is 0 Å². The van der Waals surface area contributed by atoms with Crippen LogP contribution in [0.1, 0.15) is 28.9 Å². The largest absolute Gasteiger partial charge is 0.493 e. The summed E-state index contributed by atoms with van der Waals surface area (Å²) in [7, 11) is 3.19. The highest BCUT2D eigenvalue weighted by molar-refractivity contribution is 14.1. The number of amides is 1. The Balaban J connectivity index is 2.15. The van der Waals surface area contributed by atoms with Crippen molar-refractivity contribution in [2.75, 3.05) is 14.2 Å². The molecule has 0 saturated heterocycles. The molecule has 1 amide bonds. The molecule has 0 heterocycles. The maximum absolute atomic E-state index is 12.3. The number of benzene rings is 2. The van der Waals surface area contributed by atoms with Crippen molar-refractivity contribution in [1.82, 2.24) is 5.32 Å². The summed E-state index contributed by atoms with van der Waals surface area (Å²) in [5.41, 5.74) is 1.61. The zero-order valence-corrected chi connectivity index (χ0v) is 14.9. The standard InChI is InChI=1S/C17H18INO3/c1-11(12-7-8-15(21-2)16(10-12)22-3)19-17(20)13-5-4-6-14(18)9-13/h4-11H,1-3H3,(H,19,20)/t11-/m0/s1. The monoisotopic (exact) mass is 411 g/mol. The lowest BCUT2D eigenvalue weighted by Gasteiger charge is -2.16. The Hall–Kier alpha value is -1.76. The summed E-state index contributed by atoms with van der Waals surface area (Å²) in [5.74, 6) is 1.22. The average Bonchev–Trinajstić information content (AvgIpc) is 2.54. The molecule has 0 aliphatic rings. The zero-order valence-electron chi connectivity index (χ0n) is 12.7. The number of carbonyl (C=O) groups is 1. The molecule has 22 heavy (non-hydrogen) atoms. The molecule has 2 aromatic carbocycles. The molecular weight excluding hydrogens is 393 g/mol. The summed E-state index contributed by atoms with van der Waals surface area (Å²) < 4.78 is 11.5. The van der Waals surface area contributed by atoms with Gasteiger partial charge in [-0.2, -0.15) is 0 Å². The van der Waals surface area contributed by atoms with Crippen LogP contribution in [0.5, 0.6) is 11.5 Å². The summed E-state index contributed by atoms with van der Waals surface area (Å²) in [6.07, 6.45) is 0. The molecule has 5 heteroatoms. The van der Waals surface area contributed by atoms with E-state index in [4.69, 9.17) is 9.47 Å². The van der Waals surface area contributed by atoms with Gasteiger partial charge in [-0.25, -0.2) is 0 Å². The van der Waals surface area contributed by atoms with Gasteiger partial charge in [0.25, 0.3) is 5.91 Å². The normalized spacial score (nSPS) is 11.6. The van der Waals surface area contributed by atoms with Gasteiger partial charge >= 0.3 is 0 Å². The number of ether oxygens (including phenoxy) is 2. The van der Waals surface area contributed by atoms with Crippen molar-refractivity contribution in [2.24, 2.45) is 0 Å². The lowest BCUT2D eigenvalue weighted by Crippen LogP contribution is -2.26. The first-order chi connectivity index (χ1) is 10.5. The first kappa shape index (κ1) is 16.6. The topological polar surface area (TPSA) is 47.6 Å². The van der Waals surface area contributed by atoms with E-state index in [9.17, 15) is 4.79 Å². The quantitative estimate of drug-likeness (QED) is 0.762. The number of hydrogen-bond acceptors (Lipinski definition) is 3. The van der Waals surface area contributed by atoms with Crippen molar-refractivity contribution in [2.45, 2.75) is 13.0 Å². The van der Waals surface area contributed by atoms with E-state index in [1.54, 1.807) is 20.3 Å². The molecule has 0 bridgehead atoms. The van der Waals surface area contributed by atoms with E-state index in [-0.39, 0.29) is 11.9 Å². The van der Waals surface area contributed by atoms with E-state index >= 15 is 0 Å². The number of halogens is 1. The number of methoxy groups -OCH3 is 2. The number of carbonyl (C=O) groups excluding carboxylic acids is 1. The molecule has 0 aliphatic heterocycles. The third-order valence-corrected chi connectivity index (χ3v) is 4.01. The molecule has 0 saturated carbocycles. The highest BCUT2D eigenvalue weighted by Crippen LogP contribution is 2.29. The predicted octanol–water partition coefficient (Wildman–Crippen LogP) is 3.80. The molecule has 0 radical (unpaired) electrons. The van der Waals surface area contributed by atoms with Crippen LogP contribution in [0, 0.1) is 3.57 Å². The Kier molecular flexibility index (Phi) is 5.65. The molecule has 1 N–H and O–H groups in total. The summed E-state index contributed by atoms with van der Waals surface area (Å²) in [4.78, 5) is 12.3. The second-order valence-corrected chi connectivity index (χ2v) is 6.07. The van der Waals surface area contributed by atoms with Crippen LogP contribution in [0.25, 0.3) is 0 Å². The van der Waals surface area contributed by atoms with Gasteiger partial charge in [-0.3, -0.25) is 4.79 Å². The number of rotatable bonds is 5. The molecular formula is C17H18INO3. The molecule has 0 aromatic heterocycles. The van der Waals surface area contributed by atoms with Crippen molar-refractivity contribution < 1.29 is 14.3 Å². The Labute approximate surface area is 144 Å². The lowest BCUT2D eigenvalue weighted by atomic mass is 10.1. The van der Waals surface area contributed by atoms with Crippen molar-refractivity contribution in [3.05, 3.63) is 57.2 Å². The fourth-order valence-electron chi connectivity index (χ4n) is 2.12. The Morgan fingerprint density at radius 2 is 1.82 bits per heavy atom. The lowest BCUT2D eigenvalue weighted by molar-refractivity contribution is 0.0939. The molecule has 1 atom stereocenters. The zero-order chi connectivity index (χ0) is 16.1. The van der Waals surface area contributed by atoms with Gasteiger partial charge < -0.3 is 14.8 Å². The minimum Gasteiger partial charge on any atom is -0.493 e. The second kappa shape index (κ2) is 7.49. The van der Waals surface area contributed by atoms with Crippen molar-refractivity contribution in [1.29, 1.82) is 0 Å². The summed E-state index contributed by atoms with van der Waals surface area (Å²) in [6, 6.07) is 13.0. The van der Waals surface area contributed by atoms with Crippen LogP contribution in [0.3, 0.4) is 0 Å². The van der Waals surface area contributed by atoms with Gasteiger partial charge in [-0.1, -0.05) is 12.1 Å². The van der Waals surface area contributed by atoms with Crippen LogP contribution >= 0.6 is 22.6 Å². The SMILES string of the molecule is COc1ccc([C@H](C)NC(=O)c2cccc(I)c2)cc1OC. The van der Waals surface area contributed by atoms with E-state index < -0.39 is 0 Å². The number of hydrogen-bond donors (Lipinski definition) is 1. The minimum atomic E-state index is -0.134. The molecule has 4 nitrogen and oxygen atoms in total. The first-order valence-electron chi connectivity index (χ1n) is 6.83. The molecule has 116 valence electrons. The average molecular weight is 411 g/mol. The van der Waals surface area contributed by atoms with Gasteiger partial charge in [0.2, 0.25) is 0 Å². The smallest absolute Gasteiger partial charge is 0.251 e. The minimum absolute atomic E-state index is 0.0965. The molecule has 0 aliphatic carbocycles. The highest BCUT2D eigenvalue weighted by atomic mass is 127. The van der Waals surface area contributed by atoms with Crippen LogP contribution in [-0.4, -0.2) is 20.1 Å². The predicted molar refractivity (Wildman–Crippen MR) is 94.6 cm³/mol. The van der Waals surface area contributed by atoms with Crippen molar-refractivity contribution in [3.63, 3.8) is 0 Å². The molecule has 0 unspecified atom stereocenters. The summed E-state index contributed by atoms with van der Waals surface area (Å²) >= 11 is 2.19. The first-order valence-corrected chi connectivity index (χ1v) is 7.91. The van der Waals surface area contributed by atoms with Crippen molar-refractivity contribution >= 4 is 28.5 Å². The van der Waals surface area contributed by atoms with Crippen LogP contribution in [0.15, 0.2) is 42.5 Å². The van der Waals surface area contributed by atoms with Crippen LogP contribution in [0.4, 0.5) is 0 Å². The van der Waals surface area contributed by atoms with Gasteiger partial charge in [0.05, 0.1) is 20.3 Å². The van der Waals surface area contributed by atoms with Crippen molar-refractivity contribution in [3.8, 4) is 11.5 Å². The number of nitrogens with one attached hydrogen (secondary N) is 1. The molecule has 0 spiro atoms. The van der Waals surface area contributed by atoms with Gasteiger partial charge in [0.1, 0.15) is 0 Å². The summed E-state index contributed by atoms with van der Waals surface area (Å²) in [5, 5.41) is 2.99. The molecule has 0 fully saturated rings. The van der Waals surface area contributed by atoms with Gasteiger partial charge in [-0.15, -0.1) is 0 Å². The Bertz CT molecular complexity index is 673. The van der Waals surface area contributed by atoms with E-state index in [2.05, 4.69) is 27.9 Å². The van der Waals surface area contributed by atoms with Crippen LogP contribution in [-0.2, 0) is 0 Å². The summed E-state index contributed by atoms with van der Waals surface area (Å²) in [6.45, 7) is 1.94. The van der Waals surface area contributed by atoms with Gasteiger partial charge in [-0.05, 0) is 65.4 Å². The van der Waals surface area contributed by atoms with Gasteiger partial charge in [0.15, 0.2) is 11.5 Å². The fraction of sp³-hybridized carbons (Fsp3) is 0.235. The Morgan fingerprint density at radius 3 is 2.45 bits per heavy atom. The second-order valence-electron chi connectivity index (χ2n) is 4.82. The molecule has 2 aromatic rings. The van der Waals surface area contributed by atoms with Gasteiger partial charge in [0, 0.05) is 9.13 Å². The third kappa shape index (κ3) is 3.91. The van der Waals surface area contributed by atoms with E-state index in [1.807, 2.05) is 43.3 Å². The van der Waals surface area contributed by atoms with Crippen LogP contribution in [0.2, 0.25) is 0 Å². The van der Waals surface area contributed by atoms with Crippen LogP contribution < -0.4 is 14.8 Å². The maximum Gasteiger partial charge on any atom is 0.251 e.